The molecule has 46 heavy (non-hydrogen) atoms. The van der Waals surface area contributed by atoms with Crippen LogP contribution in [0.1, 0.15) is 206 Å². The Hall–Kier alpha value is 1.67. The molecular formula is C41H76Cl2P2Ru. The summed E-state index contributed by atoms with van der Waals surface area (Å²) in [6.45, 7) is 4.76. The van der Waals surface area contributed by atoms with E-state index < -0.39 is 21.4 Å². The van der Waals surface area contributed by atoms with Gasteiger partial charge in [-0.15, -0.1) is 0 Å². The van der Waals surface area contributed by atoms with Crippen LogP contribution in [0.2, 0.25) is 0 Å². The van der Waals surface area contributed by atoms with Gasteiger partial charge in [0.05, 0.1) is 0 Å². The average molecular weight is 803 g/mol. The van der Waals surface area contributed by atoms with E-state index in [0.717, 1.165) is 34.0 Å². The topological polar surface area (TPSA) is 0 Å². The van der Waals surface area contributed by atoms with Crippen LogP contribution >= 0.6 is 30.6 Å². The summed E-state index contributed by atoms with van der Waals surface area (Å²) in [6, 6.07) is 0. The summed E-state index contributed by atoms with van der Waals surface area (Å²) in [5.41, 5.74) is 2.45. The fraction of sp³-hybridized carbons (Fsp3) is 0.927. The molecule has 6 saturated carbocycles. The second kappa shape index (κ2) is 16.6. The van der Waals surface area contributed by atoms with Crippen LogP contribution in [0.3, 0.4) is 0 Å². The summed E-state index contributed by atoms with van der Waals surface area (Å²) in [7, 11) is 15.4. The van der Waals surface area contributed by atoms with Crippen molar-refractivity contribution in [1.29, 1.82) is 0 Å². The van der Waals surface area contributed by atoms with Crippen molar-refractivity contribution in [2.24, 2.45) is 0 Å². The van der Waals surface area contributed by atoms with Crippen molar-refractivity contribution in [2.45, 2.75) is 240 Å². The molecule has 0 N–H and O–H groups in total. The average Bonchev–Trinajstić information content (AvgIpc) is 3.11. The zero-order valence-corrected chi connectivity index (χ0v) is 35.7. The fourth-order valence-corrected chi connectivity index (χ4v) is 119. The molecule has 0 aromatic heterocycles. The first kappa shape index (κ1) is 37.4. The van der Waals surface area contributed by atoms with E-state index in [-0.39, 0.29) is 0 Å². The third-order valence-corrected chi connectivity index (χ3v) is 88.5. The zero-order valence-electron chi connectivity index (χ0n) is 30.4. The van der Waals surface area contributed by atoms with Gasteiger partial charge in [0.15, 0.2) is 0 Å². The van der Waals surface area contributed by atoms with Crippen molar-refractivity contribution in [1.82, 2.24) is 0 Å². The van der Waals surface area contributed by atoms with E-state index in [1.165, 1.54) is 198 Å². The Morgan fingerprint density at radius 3 is 0.761 bits per heavy atom. The van der Waals surface area contributed by atoms with Gasteiger partial charge in [-0.05, 0) is 0 Å². The van der Waals surface area contributed by atoms with Crippen molar-refractivity contribution >= 4 is 35.2 Å². The molecule has 0 aliphatic heterocycles. The van der Waals surface area contributed by atoms with Crippen LogP contribution in [-0.4, -0.2) is 38.6 Å². The van der Waals surface area contributed by atoms with E-state index in [1.807, 2.05) is 0 Å². The van der Waals surface area contributed by atoms with Gasteiger partial charge in [-0.2, -0.15) is 0 Å². The molecule has 6 fully saturated rings. The molecule has 0 radical (unpaired) electrons. The predicted molar refractivity (Wildman–Crippen MR) is 215 cm³/mol. The van der Waals surface area contributed by atoms with Crippen LogP contribution in [0.25, 0.3) is 0 Å². The molecule has 0 unspecified atom stereocenters. The molecule has 0 heterocycles. The van der Waals surface area contributed by atoms with Gasteiger partial charge in [-0.1, -0.05) is 0 Å². The molecule has 0 aromatic rings. The van der Waals surface area contributed by atoms with E-state index in [9.17, 15) is 19.4 Å². The Kier molecular flexibility index (Phi) is 13.5. The normalized spacial score (nSPS) is 28.7. The van der Waals surface area contributed by atoms with Gasteiger partial charge in [0.2, 0.25) is 0 Å². The Bertz CT molecular complexity index is 893. The minimum atomic E-state index is -4.29. The third kappa shape index (κ3) is 6.70. The molecule has 0 saturated heterocycles. The molecule has 0 aromatic carbocycles. The molecule has 6 aliphatic carbocycles. The van der Waals surface area contributed by atoms with Crippen LogP contribution in [-0.2, 0) is 10.2 Å². The summed E-state index contributed by atoms with van der Waals surface area (Å²) in [5.74, 6) is 0. The van der Waals surface area contributed by atoms with Gasteiger partial charge in [-0.25, -0.2) is 0 Å². The Labute approximate surface area is 295 Å². The second-order valence-electron chi connectivity index (χ2n) is 17.7. The van der Waals surface area contributed by atoms with Crippen LogP contribution in [0.15, 0.2) is 11.6 Å². The molecule has 0 bridgehead atoms. The van der Waals surface area contributed by atoms with E-state index in [2.05, 4.69) is 24.5 Å². The van der Waals surface area contributed by atoms with Gasteiger partial charge in [0, 0.05) is 0 Å². The molecule has 0 spiro atoms. The first-order valence-electron chi connectivity index (χ1n) is 21.1. The number of allylic oxidation sites excluding steroid dienone is 2. The molecule has 5 heteroatoms. The Morgan fingerprint density at radius 1 is 0.391 bits per heavy atom. The Balaban J connectivity index is 1.75. The maximum atomic E-state index is 9.85. The quantitative estimate of drug-likeness (QED) is 0.161. The molecule has 0 atom stereocenters. The van der Waals surface area contributed by atoms with Gasteiger partial charge in [0.25, 0.3) is 0 Å². The first-order valence-corrected chi connectivity index (χ1v) is 35.9. The van der Waals surface area contributed by atoms with Crippen molar-refractivity contribution < 1.29 is 10.2 Å². The fourth-order valence-electron chi connectivity index (χ4n) is 13.5. The van der Waals surface area contributed by atoms with E-state index in [1.54, 1.807) is 0 Å². The summed E-state index contributed by atoms with van der Waals surface area (Å²) < 4.78 is 2.96. The standard InChI is InChI=1S/2C18H33P.C5H8.2ClH.Ru/c2*1-4-10-16(11-5-1)19(17-12-6-2-7-13-17)18-14-8-3-9-15-18;1-4-5(2)3;;;/h2*16-18H,1-15H2;1,4H,2-3H3;2*1H;. The monoisotopic (exact) mass is 802 g/mol. The number of halogens is 2. The van der Waals surface area contributed by atoms with Crippen molar-refractivity contribution in [2.75, 3.05) is 0 Å². The number of hydrogen-bond acceptors (Lipinski definition) is 0. The molecule has 6 aliphatic rings. The van der Waals surface area contributed by atoms with Crippen molar-refractivity contribution in [3.8, 4) is 0 Å². The van der Waals surface area contributed by atoms with Gasteiger partial charge in [0.1, 0.15) is 0 Å². The van der Waals surface area contributed by atoms with Crippen LogP contribution in [0.4, 0.5) is 0 Å². The maximum absolute atomic E-state index is 9.85. The Morgan fingerprint density at radius 2 is 0.587 bits per heavy atom. The first-order chi connectivity index (χ1) is 22.4. The van der Waals surface area contributed by atoms with Crippen LogP contribution in [0.5, 0.6) is 0 Å². The van der Waals surface area contributed by atoms with E-state index in [0.29, 0.717) is 0 Å². The molecule has 272 valence electrons. The van der Waals surface area contributed by atoms with Crippen LogP contribution in [0, 0.1) is 0 Å². The van der Waals surface area contributed by atoms with Crippen molar-refractivity contribution in [3.05, 3.63) is 11.6 Å². The van der Waals surface area contributed by atoms with Crippen molar-refractivity contribution in [3.63, 3.8) is 0 Å². The van der Waals surface area contributed by atoms with E-state index in [4.69, 9.17) is 0 Å². The summed E-state index contributed by atoms with van der Waals surface area (Å²) in [5, 5.41) is 0. The molecule has 6 rings (SSSR count). The molecule has 0 nitrogen and oxygen atoms in total. The summed E-state index contributed by atoms with van der Waals surface area (Å²) in [6.07, 6.45) is 47.1. The number of rotatable bonds is 9. The van der Waals surface area contributed by atoms with Gasteiger partial charge < -0.3 is 0 Å². The minimum absolute atomic E-state index is 0.914. The van der Waals surface area contributed by atoms with Crippen LogP contribution < -0.4 is 0 Å². The summed E-state index contributed by atoms with van der Waals surface area (Å²) in [4.78, 5) is 0. The molecular weight excluding hydrogens is 726 g/mol. The molecule has 0 amide bonds. The predicted octanol–water partition coefficient (Wildman–Crippen LogP) is 15.1. The van der Waals surface area contributed by atoms with Gasteiger partial charge in [-0.3, -0.25) is 0 Å². The zero-order chi connectivity index (χ0) is 32.1. The second-order valence-corrected chi connectivity index (χ2v) is 62.7. The third-order valence-electron chi connectivity index (χ3n) is 15.0. The van der Waals surface area contributed by atoms with E-state index >= 15 is 0 Å². The van der Waals surface area contributed by atoms with Gasteiger partial charge >= 0.3 is 297 Å². The SMILES string of the molecule is CC(C)=C[CH]=[Ru]([Cl])([Cl])([PH](C1CCCCC1)(C1CCCCC1)C1CCCCC1)[PH](C1CCCCC1)(C1CCCCC1)C1CCCCC1. The summed E-state index contributed by atoms with van der Waals surface area (Å²) >= 11 is 0. The number of hydrogen-bond donors (Lipinski definition) is 0.